The average molecular weight is 627 g/mol. The molecule has 4 rings (SSSR count). The molecule has 42 heavy (non-hydrogen) atoms. The Bertz CT molecular complexity index is 1300. The molecule has 2 aromatic carbocycles. The fraction of sp³-hybridized carbons (Fsp3) is 0.371. The van der Waals surface area contributed by atoms with Crippen molar-refractivity contribution in [2.75, 3.05) is 13.1 Å². The second-order valence-corrected chi connectivity index (χ2v) is 14.0. The van der Waals surface area contributed by atoms with Crippen molar-refractivity contribution in [1.82, 2.24) is 5.32 Å². The summed E-state index contributed by atoms with van der Waals surface area (Å²) in [6.45, 7) is 14.3. The first kappa shape index (κ1) is 37.3. The summed E-state index contributed by atoms with van der Waals surface area (Å²) in [6, 6.07) is 23.6. The maximum atomic E-state index is 12.0. The van der Waals surface area contributed by atoms with Crippen LogP contribution in [0, 0.1) is 0 Å². The van der Waals surface area contributed by atoms with Gasteiger partial charge in [0.05, 0.1) is 0 Å². The molecule has 0 fully saturated rings. The van der Waals surface area contributed by atoms with Gasteiger partial charge in [0.25, 0.3) is 11.1 Å². The van der Waals surface area contributed by atoms with Crippen LogP contribution in [0.3, 0.4) is 0 Å². The highest BCUT2D eigenvalue weighted by molar-refractivity contribution is 7.10. The van der Waals surface area contributed by atoms with Gasteiger partial charge in [-0.2, -0.15) is 0 Å². The zero-order chi connectivity index (χ0) is 30.5. The van der Waals surface area contributed by atoms with E-state index in [0.29, 0.717) is 12.1 Å². The number of amides is 1. The predicted molar refractivity (Wildman–Crippen MR) is 185 cm³/mol. The van der Waals surface area contributed by atoms with Gasteiger partial charge in [0.15, 0.2) is 0 Å². The van der Waals surface area contributed by atoms with Crippen LogP contribution in [0.4, 0.5) is 0 Å². The predicted octanol–water partition coefficient (Wildman–Crippen LogP) is 9.27. The van der Waals surface area contributed by atoms with Crippen LogP contribution in [0.25, 0.3) is 0 Å². The van der Waals surface area contributed by atoms with Crippen molar-refractivity contribution in [3.63, 3.8) is 0 Å². The summed E-state index contributed by atoms with van der Waals surface area (Å²) in [5, 5.41) is 6.69. The minimum absolute atomic E-state index is 0. The molecular weight excluding hydrogens is 580 g/mol. The molecule has 0 radical (unpaired) electrons. The number of nitrogens with one attached hydrogen (secondary N) is 1. The molecule has 0 aliphatic carbocycles. The lowest BCUT2D eigenvalue weighted by Gasteiger charge is -2.19. The second kappa shape index (κ2) is 18.0. The van der Waals surface area contributed by atoms with Crippen molar-refractivity contribution in [3.8, 4) is 0 Å². The van der Waals surface area contributed by atoms with Crippen molar-refractivity contribution in [2.45, 2.75) is 72.6 Å². The topological polar surface area (TPSA) is 72.2 Å². The van der Waals surface area contributed by atoms with Crippen LogP contribution in [0.2, 0.25) is 0 Å². The molecule has 0 bridgehead atoms. The Labute approximate surface area is 266 Å². The molecule has 2 heterocycles. The van der Waals surface area contributed by atoms with E-state index in [1.54, 1.807) is 34.8 Å². The van der Waals surface area contributed by atoms with Gasteiger partial charge in [-0.05, 0) is 100 Å². The molecule has 2 aromatic heterocycles. The molecule has 0 saturated carbocycles. The smallest absolute Gasteiger partial charge is 0.252 e. The van der Waals surface area contributed by atoms with Gasteiger partial charge in [-0.3, -0.25) is 9.59 Å². The third kappa shape index (κ3) is 13.5. The molecule has 0 aliphatic heterocycles. The van der Waals surface area contributed by atoms with E-state index in [4.69, 9.17) is 17.3 Å². The van der Waals surface area contributed by atoms with Gasteiger partial charge >= 0.3 is 0 Å². The molecule has 3 N–H and O–H groups in total. The summed E-state index contributed by atoms with van der Waals surface area (Å²) in [6.07, 6.45) is 1.92. The molecule has 228 valence electrons. The Balaban J connectivity index is 0.000000344. The molecule has 1 amide bonds. The number of hydrogen-bond acceptors (Lipinski definition) is 5. The minimum atomic E-state index is -0.402. The summed E-state index contributed by atoms with van der Waals surface area (Å²) < 4.78 is 0. The molecule has 0 unspecified atom stereocenters. The third-order valence-electron chi connectivity index (χ3n) is 6.20. The summed E-state index contributed by atoms with van der Waals surface area (Å²) in [5.74, 6) is 0.00187. The van der Waals surface area contributed by atoms with Crippen molar-refractivity contribution in [1.29, 1.82) is 0 Å². The Hall–Kier alpha value is -2.77. The minimum Gasteiger partial charge on any atom is -0.352 e. The van der Waals surface area contributed by atoms with E-state index >= 15 is 0 Å². The maximum absolute atomic E-state index is 12.0. The second-order valence-electron chi connectivity index (χ2n) is 11.6. The molecule has 7 heteroatoms. The number of thiophene rings is 2. The average Bonchev–Trinajstić information content (AvgIpc) is 3.64. The van der Waals surface area contributed by atoms with E-state index in [2.05, 4.69) is 75.8 Å². The number of carbonyl (C=O) groups is 2. The molecule has 4 nitrogen and oxygen atoms in total. The van der Waals surface area contributed by atoms with E-state index in [1.165, 1.54) is 20.9 Å². The van der Waals surface area contributed by atoms with Crippen molar-refractivity contribution >= 4 is 45.4 Å². The SMILES string of the molecule is C.CC(C)(C)c1ccc(C(=O)Cl)cc1.CC(C)(C)c1ccc(C(=O)NCCc2cccs2)cc1.NCCc1cccs1. The molecule has 0 spiro atoms. The lowest BCUT2D eigenvalue weighted by Crippen LogP contribution is -2.25. The van der Waals surface area contributed by atoms with E-state index in [-0.39, 0.29) is 24.2 Å². The largest absolute Gasteiger partial charge is 0.352 e. The summed E-state index contributed by atoms with van der Waals surface area (Å²) in [5.41, 5.74) is 9.29. The first-order valence-electron chi connectivity index (χ1n) is 13.7. The van der Waals surface area contributed by atoms with Gasteiger partial charge in [0.2, 0.25) is 0 Å². The Kier molecular flexibility index (Phi) is 16.0. The lowest BCUT2D eigenvalue weighted by molar-refractivity contribution is 0.0953. The highest BCUT2D eigenvalue weighted by Gasteiger charge is 2.15. The van der Waals surface area contributed by atoms with Crippen molar-refractivity contribution in [2.24, 2.45) is 5.73 Å². The number of nitrogens with two attached hydrogens (primary N) is 1. The van der Waals surface area contributed by atoms with E-state index in [9.17, 15) is 9.59 Å². The Morgan fingerprint density at radius 1 is 0.714 bits per heavy atom. The van der Waals surface area contributed by atoms with Gasteiger partial charge in [0, 0.05) is 27.4 Å². The number of halogens is 1. The van der Waals surface area contributed by atoms with Gasteiger partial charge in [0.1, 0.15) is 0 Å². The van der Waals surface area contributed by atoms with Gasteiger partial charge in [-0.25, -0.2) is 0 Å². The highest BCUT2D eigenvalue weighted by Crippen LogP contribution is 2.23. The van der Waals surface area contributed by atoms with Crippen LogP contribution < -0.4 is 11.1 Å². The number of rotatable bonds is 7. The van der Waals surface area contributed by atoms with E-state index in [1.807, 2.05) is 42.5 Å². The van der Waals surface area contributed by atoms with Crippen LogP contribution in [0.15, 0.2) is 83.6 Å². The van der Waals surface area contributed by atoms with E-state index in [0.717, 1.165) is 24.9 Å². The fourth-order valence-corrected chi connectivity index (χ4v) is 5.24. The quantitative estimate of drug-likeness (QED) is 0.201. The van der Waals surface area contributed by atoms with Gasteiger partial charge in [-0.1, -0.05) is 85.4 Å². The normalized spacial score (nSPS) is 10.8. The van der Waals surface area contributed by atoms with Crippen LogP contribution in [-0.2, 0) is 23.7 Å². The maximum Gasteiger partial charge on any atom is 0.252 e. The number of hydrogen-bond donors (Lipinski definition) is 2. The van der Waals surface area contributed by atoms with Crippen molar-refractivity contribution < 1.29 is 9.59 Å². The lowest BCUT2D eigenvalue weighted by atomic mass is 9.87. The zero-order valence-electron chi connectivity index (χ0n) is 25.0. The number of benzene rings is 2. The Morgan fingerprint density at radius 2 is 1.14 bits per heavy atom. The fourth-order valence-electron chi connectivity index (χ4n) is 3.68. The number of carbonyl (C=O) groups excluding carboxylic acids is 2. The zero-order valence-corrected chi connectivity index (χ0v) is 27.4. The van der Waals surface area contributed by atoms with Crippen LogP contribution in [-0.4, -0.2) is 24.2 Å². The van der Waals surface area contributed by atoms with Gasteiger partial charge in [-0.15, -0.1) is 22.7 Å². The van der Waals surface area contributed by atoms with Crippen LogP contribution in [0.5, 0.6) is 0 Å². The Morgan fingerprint density at radius 3 is 1.50 bits per heavy atom. The van der Waals surface area contributed by atoms with Crippen LogP contribution in [0.1, 0.15) is 90.6 Å². The molecule has 0 aliphatic rings. The summed E-state index contributed by atoms with van der Waals surface area (Å²) in [4.78, 5) is 25.5. The molecular formula is C35H47ClN2O2S2. The van der Waals surface area contributed by atoms with Crippen LogP contribution >= 0.6 is 34.3 Å². The molecule has 4 aromatic rings. The third-order valence-corrected chi connectivity index (χ3v) is 8.29. The van der Waals surface area contributed by atoms with E-state index < -0.39 is 5.24 Å². The summed E-state index contributed by atoms with van der Waals surface area (Å²) >= 11 is 8.82. The molecule has 0 saturated heterocycles. The standard InChI is InChI=1S/C17H21NOS.C11H13ClO.C6H9NS.CH4/c1-17(2,3)14-8-6-13(7-9-14)16(19)18-11-10-15-5-4-12-20-15;1-11(2,3)9-6-4-8(5-7-9)10(12)13;7-4-3-6-2-1-5-8-6;/h4-9,12H,10-11H2,1-3H3,(H,18,19);4-7H,1-3H3;1-2,5H,3-4,7H2;1H4. The molecule has 0 atom stereocenters. The summed E-state index contributed by atoms with van der Waals surface area (Å²) in [7, 11) is 0. The first-order valence-corrected chi connectivity index (χ1v) is 15.9. The van der Waals surface area contributed by atoms with Crippen molar-refractivity contribution in [3.05, 3.63) is 116 Å². The first-order chi connectivity index (χ1) is 19.3. The monoisotopic (exact) mass is 626 g/mol. The van der Waals surface area contributed by atoms with Gasteiger partial charge < -0.3 is 11.1 Å². The highest BCUT2D eigenvalue weighted by atomic mass is 35.5.